The summed E-state index contributed by atoms with van der Waals surface area (Å²) in [5.74, 6) is 0.532. The minimum atomic E-state index is -1.98. The summed E-state index contributed by atoms with van der Waals surface area (Å²) in [6, 6.07) is 7.72. The number of fused-ring (bicyclic) bond motifs is 1. The van der Waals surface area contributed by atoms with Crippen molar-refractivity contribution in [3.05, 3.63) is 42.5 Å². The fourth-order valence-corrected chi connectivity index (χ4v) is 4.19. The van der Waals surface area contributed by atoms with Crippen molar-refractivity contribution < 1.29 is 13.6 Å². The summed E-state index contributed by atoms with van der Waals surface area (Å²) in [5, 5.41) is 4.45. The minimum absolute atomic E-state index is 0.0342. The Bertz CT molecular complexity index is 1140. The number of aromatic nitrogens is 3. The third-order valence-electron chi connectivity index (χ3n) is 6.13. The second-order valence-corrected chi connectivity index (χ2v) is 9.30. The van der Waals surface area contributed by atoms with Crippen molar-refractivity contribution in [2.45, 2.75) is 45.0 Å². The monoisotopic (exact) mass is 441 g/mol. The molecule has 2 aromatic heterocycles. The van der Waals surface area contributed by atoms with Crippen molar-refractivity contribution in [2.75, 3.05) is 25.0 Å². The van der Waals surface area contributed by atoms with E-state index in [1.165, 1.54) is 13.8 Å². The third-order valence-corrected chi connectivity index (χ3v) is 6.13. The molecule has 0 saturated carbocycles. The van der Waals surface area contributed by atoms with Gasteiger partial charge in [0.2, 0.25) is 0 Å². The number of halogens is 2. The number of anilines is 1. The van der Waals surface area contributed by atoms with Gasteiger partial charge in [-0.25, -0.2) is 18.7 Å². The maximum Gasteiger partial charge on any atom is 0.263 e. The fourth-order valence-electron chi connectivity index (χ4n) is 4.19. The highest BCUT2D eigenvalue weighted by atomic mass is 19.1. The highest BCUT2D eigenvalue weighted by Gasteiger charge is 2.42. The van der Waals surface area contributed by atoms with Crippen LogP contribution in [0.3, 0.4) is 0 Å². The van der Waals surface area contributed by atoms with Gasteiger partial charge in [0.25, 0.3) is 5.91 Å². The number of imidazole rings is 1. The van der Waals surface area contributed by atoms with E-state index in [-0.39, 0.29) is 19.4 Å². The van der Waals surface area contributed by atoms with Crippen LogP contribution in [-0.2, 0) is 11.8 Å². The summed E-state index contributed by atoms with van der Waals surface area (Å²) in [6.45, 7) is 5.87. The van der Waals surface area contributed by atoms with E-state index in [2.05, 4.69) is 15.3 Å². The second kappa shape index (κ2) is 8.24. The molecule has 0 spiro atoms. The highest BCUT2D eigenvalue weighted by Crippen LogP contribution is 2.30. The number of carbonyl (C=O) groups is 1. The summed E-state index contributed by atoms with van der Waals surface area (Å²) in [5.41, 5.74) is -1.35. The van der Waals surface area contributed by atoms with E-state index >= 15 is 4.39 Å². The molecule has 3 aromatic rings. The Hall–Kier alpha value is -2.87. The number of pyridine rings is 1. The molecule has 0 radical (unpaired) electrons. The largest absolute Gasteiger partial charge is 0.331 e. The van der Waals surface area contributed by atoms with E-state index in [0.717, 1.165) is 27.9 Å². The normalized spacial score (nSPS) is 16.9. The molecule has 1 aromatic carbocycles. The van der Waals surface area contributed by atoms with Crippen LogP contribution in [0.1, 0.15) is 32.5 Å². The Balaban J connectivity index is 1.49. The Morgan fingerprint density at radius 2 is 1.88 bits per heavy atom. The van der Waals surface area contributed by atoms with Gasteiger partial charge in [-0.05, 0) is 38.3 Å². The number of rotatable bonds is 5. The molecular formula is C24H29F2N5O. The van der Waals surface area contributed by atoms with Crippen LogP contribution >= 0.6 is 0 Å². The molecule has 170 valence electrons. The molecule has 1 N–H and O–H groups in total. The SMILES string of the molecule is Cc1ncc(-c2ccc3cnc(NC(=O)C4(F)CCN(CC(C)(C)F)CC4)cc3c2)n1C. The highest BCUT2D eigenvalue weighted by molar-refractivity contribution is 5.98. The van der Waals surface area contributed by atoms with Gasteiger partial charge in [-0.15, -0.1) is 0 Å². The molecule has 1 saturated heterocycles. The number of carbonyl (C=O) groups excluding carboxylic acids is 1. The smallest absolute Gasteiger partial charge is 0.263 e. The molecule has 0 aliphatic carbocycles. The lowest BCUT2D eigenvalue weighted by Crippen LogP contribution is -2.50. The average Bonchev–Trinajstić information content (AvgIpc) is 3.07. The fraction of sp³-hybridized carbons (Fsp3) is 0.458. The van der Waals surface area contributed by atoms with E-state index < -0.39 is 17.2 Å². The molecule has 4 rings (SSSR count). The number of aryl methyl sites for hydroxylation is 1. The molecular weight excluding hydrogens is 412 g/mol. The Kier molecular flexibility index (Phi) is 5.75. The van der Waals surface area contributed by atoms with Gasteiger partial charge in [-0.2, -0.15) is 0 Å². The van der Waals surface area contributed by atoms with Crippen molar-refractivity contribution in [1.29, 1.82) is 0 Å². The van der Waals surface area contributed by atoms with Crippen molar-refractivity contribution in [3.8, 4) is 11.3 Å². The molecule has 32 heavy (non-hydrogen) atoms. The third kappa shape index (κ3) is 4.65. The number of likely N-dealkylation sites (tertiary alicyclic amines) is 1. The number of benzene rings is 1. The quantitative estimate of drug-likeness (QED) is 0.636. The predicted molar refractivity (Wildman–Crippen MR) is 122 cm³/mol. The van der Waals surface area contributed by atoms with Gasteiger partial charge in [-0.1, -0.05) is 12.1 Å². The van der Waals surface area contributed by atoms with Crippen LogP contribution in [0.15, 0.2) is 36.7 Å². The molecule has 6 nitrogen and oxygen atoms in total. The molecule has 1 aliphatic rings. The van der Waals surface area contributed by atoms with E-state index in [0.29, 0.717) is 18.9 Å². The van der Waals surface area contributed by atoms with Crippen molar-refractivity contribution >= 4 is 22.5 Å². The van der Waals surface area contributed by atoms with Crippen molar-refractivity contribution in [1.82, 2.24) is 19.4 Å². The van der Waals surface area contributed by atoms with Gasteiger partial charge >= 0.3 is 0 Å². The molecule has 3 heterocycles. The van der Waals surface area contributed by atoms with Crippen molar-refractivity contribution in [3.63, 3.8) is 0 Å². The maximum absolute atomic E-state index is 15.3. The topological polar surface area (TPSA) is 63.1 Å². The van der Waals surface area contributed by atoms with Gasteiger partial charge < -0.3 is 9.88 Å². The van der Waals surface area contributed by atoms with Crippen LogP contribution in [-0.4, -0.2) is 56.3 Å². The van der Waals surface area contributed by atoms with E-state index in [4.69, 9.17) is 0 Å². The molecule has 1 fully saturated rings. The first-order valence-electron chi connectivity index (χ1n) is 10.8. The van der Waals surface area contributed by atoms with Crippen LogP contribution in [0.4, 0.5) is 14.6 Å². The van der Waals surface area contributed by atoms with Crippen LogP contribution in [0.5, 0.6) is 0 Å². The zero-order valence-electron chi connectivity index (χ0n) is 19.0. The summed E-state index contributed by atoms with van der Waals surface area (Å²) in [6.07, 6.45) is 3.56. The molecule has 8 heteroatoms. The number of amides is 1. The van der Waals surface area contributed by atoms with Gasteiger partial charge in [0.05, 0.1) is 11.9 Å². The van der Waals surface area contributed by atoms with Gasteiger partial charge in [-0.3, -0.25) is 9.69 Å². The molecule has 0 bridgehead atoms. The second-order valence-electron chi connectivity index (χ2n) is 9.30. The summed E-state index contributed by atoms with van der Waals surface area (Å²) < 4.78 is 31.2. The van der Waals surface area contributed by atoms with E-state index in [1.54, 1.807) is 12.3 Å². The summed E-state index contributed by atoms with van der Waals surface area (Å²) in [7, 11) is 1.96. The van der Waals surface area contributed by atoms with Gasteiger partial charge in [0, 0.05) is 56.7 Å². The molecule has 0 unspecified atom stereocenters. The molecule has 1 amide bonds. The Labute approximate surface area is 186 Å². The zero-order chi connectivity index (χ0) is 23.1. The van der Waals surface area contributed by atoms with Gasteiger partial charge in [0.15, 0.2) is 5.67 Å². The number of alkyl halides is 2. The molecule has 0 atom stereocenters. The van der Waals surface area contributed by atoms with Crippen LogP contribution in [0, 0.1) is 6.92 Å². The lowest BCUT2D eigenvalue weighted by atomic mass is 9.91. The standard InChI is InChI=1S/C24H29F2N5O/c1-16-27-14-20(30(16)4)17-5-6-18-13-28-21(12-19(18)11-17)29-22(32)24(26)7-9-31(10-8-24)15-23(2,3)25/h5-6,11-14H,7-10,15H2,1-4H3,(H,28,29,32). The number of piperidine rings is 1. The number of hydrogen-bond acceptors (Lipinski definition) is 4. The lowest BCUT2D eigenvalue weighted by molar-refractivity contribution is -0.130. The van der Waals surface area contributed by atoms with Crippen LogP contribution < -0.4 is 5.32 Å². The van der Waals surface area contributed by atoms with Crippen LogP contribution in [0.2, 0.25) is 0 Å². The van der Waals surface area contributed by atoms with Crippen molar-refractivity contribution in [2.24, 2.45) is 7.05 Å². The zero-order valence-corrected chi connectivity index (χ0v) is 19.0. The van der Waals surface area contributed by atoms with Gasteiger partial charge in [0.1, 0.15) is 17.3 Å². The Morgan fingerprint density at radius 1 is 1.16 bits per heavy atom. The number of nitrogens with zero attached hydrogens (tertiary/aromatic N) is 4. The van der Waals surface area contributed by atoms with E-state index in [9.17, 15) is 9.18 Å². The molecule has 1 aliphatic heterocycles. The number of nitrogens with one attached hydrogen (secondary N) is 1. The first kappa shape index (κ1) is 22.3. The number of hydrogen-bond donors (Lipinski definition) is 1. The lowest BCUT2D eigenvalue weighted by Gasteiger charge is -2.37. The predicted octanol–water partition coefficient (Wildman–Crippen LogP) is 4.43. The first-order chi connectivity index (χ1) is 15.0. The Morgan fingerprint density at radius 3 is 2.50 bits per heavy atom. The summed E-state index contributed by atoms with van der Waals surface area (Å²) >= 11 is 0. The minimum Gasteiger partial charge on any atom is -0.331 e. The maximum atomic E-state index is 15.3. The summed E-state index contributed by atoms with van der Waals surface area (Å²) in [4.78, 5) is 23.2. The first-order valence-corrected chi connectivity index (χ1v) is 10.8. The van der Waals surface area contributed by atoms with Crippen LogP contribution in [0.25, 0.3) is 22.0 Å². The average molecular weight is 442 g/mol. The van der Waals surface area contributed by atoms with E-state index in [1.807, 2.05) is 47.8 Å².